The normalized spacial score (nSPS) is 16.7. The molecule has 1 aliphatic rings. The Morgan fingerprint density at radius 3 is 2.65 bits per heavy atom. The Morgan fingerprint density at radius 2 is 1.96 bits per heavy atom. The molecule has 1 saturated heterocycles. The highest BCUT2D eigenvalue weighted by Crippen LogP contribution is 2.37. The monoisotopic (exact) mass is 311 g/mol. The van der Waals surface area contributed by atoms with E-state index >= 15 is 0 Å². The van der Waals surface area contributed by atoms with E-state index in [0.29, 0.717) is 5.82 Å². The number of benzene rings is 1. The highest BCUT2D eigenvalue weighted by atomic mass is 16.6. The van der Waals surface area contributed by atoms with Crippen molar-refractivity contribution in [1.82, 2.24) is 15.3 Å². The van der Waals surface area contributed by atoms with Crippen LogP contribution in [0.25, 0.3) is 0 Å². The van der Waals surface area contributed by atoms with E-state index in [4.69, 9.17) is 10.5 Å². The Hall–Kier alpha value is -2.47. The molecule has 0 aliphatic carbocycles. The molecule has 0 spiro atoms. The minimum absolute atomic E-state index is 0.127. The molecule has 1 aromatic carbocycles. The van der Waals surface area contributed by atoms with Crippen molar-refractivity contribution in [3.63, 3.8) is 0 Å². The number of nitrogens with one attached hydrogen (secondary N) is 1. The summed E-state index contributed by atoms with van der Waals surface area (Å²) in [6.07, 6.45) is 4.67. The van der Waals surface area contributed by atoms with Crippen LogP contribution < -0.4 is 15.8 Å². The molecule has 1 fully saturated rings. The third kappa shape index (κ3) is 3.65. The van der Waals surface area contributed by atoms with Crippen LogP contribution in [0.5, 0.6) is 5.88 Å². The number of hydrogen-bond acceptors (Lipinski definition) is 5. The van der Waals surface area contributed by atoms with Crippen LogP contribution in [-0.4, -0.2) is 29.2 Å². The predicted octanol–water partition coefficient (Wildman–Crippen LogP) is 1.81. The maximum Gasteiger partial charge on any atom is 0.411 e. The van der Waals surface area contributed by atoms with Crippen molar-refractivity contribution < 1.29 is 9.53 Å². The van der Waals surface area contributed by atoms with Gasteiger partial charge in [0.05, 0.1) is 0 Å². The Bertz CT molecular complexity index is 669. The van der Waals surface area contributed by atoms with Crippen molar-refractivity contribution in [2.45, 2.75) is 18.3 Å². The minimum Gasteiger partial charge on any atom is -0.391 e. The van der Waals surface area contributed by atoms with Gasteiger partial charge in [0.15, 0.2) is 0 Å². The summed E-state index contributed by atoms with van der Waals surface area (Å²) < 4.78 is 4.84. The zero-order valence-electron chi connectivity index (χ0n) is 12.7. The first-order valence-electron chi connectivity index (χ1n) is 7.60. The molecule has 1 amide bonds. The van der Waals surface area contributed by atoms with E-state index in [1.165, 1.54) is 11.6 Å². The summed E-state index contributed by atoms with van der Waals surface area (Å²) in [7, 11) is 0. The summed E-state index contributed by atoms with van der Waals surface area (Å²) in [5.41, 5.74) is 6.15. The lowest BCUT2D eigenvalue weighted by Crippen LogP contribution is -2.40. The zero-order valence-corrected chi connectivity index (χ0v) is 12.7. The van der Waals surface area contributed by atoms with Gasteiger partial charge in [-0.3, -0.25) is 0 Å². The summed E-state index contributed by atoms with van der Waals surface area (Å²) in [6, 6.07) is 11.9. The second kappa shape index (κ2) is 6.75. The number of aromatic nitrogens is 2. The molecule has 1 aliphatic heterocycles. The van der Waals surface area contributed by atoms with Crippen LogP contribution in [0.3, 0.4) is 0 Å². The Balaban J connectivity index is 1.89. The molecule has 23 heavy (non-hydrogen) atoms. The molecule has 1 radical (unpaired) electrons. The van der Waals surface area contributed by atoms with Gasteiger partial charge in [0, 0.05) is 24.1 Å². The average Bonchev–Trinajstić information content (AvgIpc) is 2.56. The maximum atomic E-state index is 10.9. The lowest BCUT2D eigenvalue weighted by atomic mass is 9.70. The van der Waals surface area contributed by atoms with E-state index in [1.807, 2.05) is 18.2 Å². The first kappa shape index (κ1) is 15.4. The second-order valence-electron chi connectivity index (χ2n) is 5.59. The quantitative estimate of drug-likeness (QED) is 0.898. The Kier molecular flexibility index (Phi) is 4.52. The first-order chi connectivity index (χ1) is 11.2. The number of amides is 1. The van der Waals surface area contributed by atoms with Gasteiger partial charge in [-0.05, 0) is 31.5 Å². The van der Waals surface area contributed by atoms with Crippen LogP contribution in [0.1, 0.15) is 24.2 Å². The van der Waals surface area contributed by atoms with Crippen LogP contribution in [0, 0.1) is 6.42 Å². The molecule has 6 nitrogen and oxygen atoms in total. The van der Waals surface area contributed by atoms with E-state index in [0.717, 1.165) is 25.9 Å². The molecule has 0 unspecified atom stereocenters. The van der Waals surface area contributed by atoms with Gasteiger partial charge in [0.2, 0.25) is 5.88 Å². The van der Waals surface area contributed by atoms with E-state index < -0.39 is 6.09 Å². The molecule has 1 aromatic heterocycles. The van der Waals surface area contributed by atoms with Crippen LogP contribution in [-0.2, 0) is 5.41 Å². The fourth-order valence-corrected chi connectivity index (χ4v) is 2.99. The number of carbonyl (C=O) groups is 1. The summed E-state index contributed by atoms with van der Waals surface area (Å²) in [5.74, 6) is 0.699. The number of nitrogens with two attached hydrogens (primary N) is 1. The number of hydrogen-bond donors (Lipinski definition) is 2. The van der Waals surface area contributed by atoms with Crippen LogP contribution >= 0.6 is 0 Å². The van der Waals surface area contributed by atoms with Gasteiger partial charge in [-0.1, -0.05) is 30.3 Å². The first-order valence-corrected chi connectivity index (χ1v) is 7.60. The second-order valence-corrected chi connectivity index (χ2v) is 5.59. The fourth-order valence-electron chi connectivity index (χ4n) is 2.99. The summed E-state index contributed by atoms with van der Waals surface area (Å²) in [6.45, 7) is 1.87. The zero-order chi connectivity index (χ0) is 16.1. The van der Waals surface area contributed by atoms with Crippen molar-refractivity contribution in [2.75, 3.05) is 13.1 Å². The van der Waals surface area contributed by atoms with Gasteiger partial charge in [0.25, 0.3) is 0 Å². The SMILES string of the molecule is NC(=O)Oc1ccnc([CH]C2(c3ccccc3)CCNCC2)n1. The summed E-state index contributed by atoms with van der Waals surface area (Å²) >= 11 is 0. The third-order valence-electron chi connectivity index (χ3n) is 4.10. The molecule has 3 N–H and O–H groups in total. The van der Waals surface area contributed by atoms with Gasteiger partial charge in [0.1, 0.15) is 5.82 Å². The topological polar surface area (TPSA) is 90.1 Å². The van der Waals surface area contributed by atoms with Crippen LogP contribution in [0.2, 0.25) is 0 Å². The molecule has 3 rings (SSSR count). The molecule has 6 heteroatoms. The van der Waals surface area contributed by atoms with Gasteiger partial charge < -0.3 is 15.8 Å². The average molecular weight is 311 g/mol. The predicted molar refractivity (Wildman–Crippen MR) is 85.9 cm³/mol. The van der Waals surface area contributed by atoms with Gasteiger partial charge >= 0.3 is 6.09 Å². The summed E-state index contributed by atoms with van der Waals surface area (Å²) in [5, 5.41) is 3.39. The maximum absolute atomic E-state index is 10.9. The molecule has 0 atom stereocenters. The number of piperidine rings is 1. The Morgan fingerprint density at radius 1 is 1.22 bits per heavy atom. The molecular weight excluding hydrogens is 292 g/mol. The molecule has 0 saturated carbocycles. The number of rotatable bonds is 4. The van der Waals surface area contributed by atoms with Crippen LogP contribution in [0.4, 0.5) is 4.79 Å². The molecule has 0 bridgehead atoms. The van der Waals surface area contributed by atoms with Crippen molar-refractivity contribution in [2.24, 2.45) is 5.73 Å². The smallest absolute Gasteiger partial charge is 0.391 e. The van der Waals surface area contributed by atoms with E-state index in [2.05, 4.69) is 33.8 Å². The van der Waals surface area contributed by atoms with Crippen molar-refractivity contribution in [3.8, 4) is 5.88 Å². The number of ether oxygens (including phenoxy) is 1. The minimum atomic E-state index is -0.880. The lowest BCUT2D eigenvalue weighted by Gasteiger charge is -2.37. The molecule has 2 heterocycles. The molecule has 119 valence electrons. The van der Waals surface area contributed by atoms with E-state index in [9.17, 15) is 4.79 Å². The van der Waals surface area contributed by atoms with Crippen molar-refractivity contribution in [1.29, 1.82) is 0 Å². The van der Waals surface area contributed by atoms with E-state index in [1.54, 1.807) is 6.20 Å². The van der Waals surface area contributed by atoms with Crippen molar-refractivity contribution >= 4 is 6.09 Å². The van der Waals surface area contributed by atoms with Gasteiger partial charge in [-0.25, -0.2) is 9.78 Å². The van der Waals surface area contributed by atoms with E-state index in [-0.39, 0.29) is 11.3 Å². The number of nitrogens with zero attached hydrogens (tertiary/aromatic N) is 2. The standard InChI is InChI=1S/C17H19N4O2/c18-16(22)23-15-6-9-20-14(21-15)12-17(7-10-19-11-8-17)13-4-2-1-3-5-13/h1-6,9,12,19H,7-8,10-11H2,(H2,18,22). The fraction of sp³-hybridized carbons (Fsp3) is 0.294. The van der Waals surface area contributed by atoms with Gasteiger partial charge in [-0.15, -0.1) is 0 Å². The Labute approximate surface area is 135 Å². The largest absolute Gasteiger partial charge is 0.411 e. The lowest BCUT2D eigenvalue weighted by molar-refractivity contribution is 0.209. The van der Waals surface area contributed by atoms with Gasteiger partial charge in [-0.2, -0.15) is 4.98 Å². The highest BCUT2D eigenvalue weighted by Gasteiger charge is 2.35. The van der Waals surface area contributed by atoms with Crippen LogP contribution in [0.15, 0.2) is 42.6 Å². The van der Waals surface area contributed by atoms with Crippen molar-refractivity contribution in [3.05, 3.63) is 60.4 Å². The third-order valence-corrected chi connectivity index (χ3v) is 4.10. The number of carbonyl (C=O) groups excluding carboxylic acids is 1. The highest BCUT2D eigenvalue weighted by molar-refractivity contribution is 5.67. The molecular formula is C17H19N4O2. The summed E-state index contributed by atoms with van der Waals surface area (Å²) in [4.78, 5) is 19.4. The number of primary amides is 1. The molecule has 2 aromatic rings.